The van der Waals surface area contributed by atoms with Gasteiger partial charge in [-0.25, -0.2) is 0 Å². The number of halogens is 12. The molecule has 0 radical (unpaired) electrons. The van der Waals surface area contributed by atoms with E-state index < -0.39 is 83.0 Å². The third-order valence-electron chi connectivity index (χ3n) is 19.1. The molecule has 0 saturated carbocycles. The quantitative estimate of drug-likeness (QED) is 0.0533. The van der Waals surface area contributed by atoms with Gasteiger partial charge in [0.2, 0.25) is 11.8 Å². The van der Waals surface area contributed by atoms with Gasteiger partial charge in [0.05, 0.1) is 55.1 Å². The summed E-state index contributed by atoms with van der Waals surface area (Å²) in [5, 5.41) is 12.0. The number of nitrogens with zero attached hydrogens (tertiary/aromatic N) is 6. The monoisotopic (exact) mass is 1570 g/mol. The first-order valence-electron chi connectivity index (χ1n) is 31.4. The Morgan fingerprint density at radius 3 is 1.10 bits per heavy atom. The third kappa shape index (κ3) is 19.5. The molecule has 4 aliphatic heterocycles. The number of likely N-dealkylation sites (tertiary alicyclic amines) is 2. The molecule has 0 aliphatic carbocycles. The first kappa shape index (κ1) is 85.7. The molecule has 102 heavy (non-hydrogen) atoms. The number of piperidine rings is 2. The van der Waals surface area contributed by atoms with Gasteiger partial charge in [-0.15, -0.1) is 24.8 Å². The minimum atomic E-state index is -5.19. The number of carbonyl (C=O) groups excluding carboxylic acids is 8. The normalized spacial score (nSPS) is 16.3. The van der Waals surface area contributed by atoms with E-state index in [-0.39, 0.29) is 121 Å². The lowest BCUT2D eigenvalue weighted by Gasteiger charge is -2.48. The van der Waals surface area contributed by atoms with E-state index in [1.165, 1.54) is 50.5 Å². The zero-order chi connectivity index (χ0) is 71.1. The summed E-state index contributed by atoms with van der Waals surface area (Å²) >= 11 is 25.3. The lowest BCUT2D eigenvalue weighted by atomic mass is 9.75. The highest BCUT2D eigenvalue weighted by Crippen LogP contribution is 2.44. The van der Waals surface area contributed by atoms with E-state index in [0.717, 1.165) is 46.1 Å². The van der Waals surface area contributed by atoms with Crippen molar-refractivity contribution in [1.29, 1.82) is 0 Å². The van der Waals surface area contributed by atoms with Crippen molar-refractivity contribution >= 4 is 157 Å². The summed E-state index contributed by atoms with van der Waals surface area (Å²) in [6.07, 6.45) is -7.43. The number of rotatable bonds is 16. The minimum absolute atomic E-state index is 0. The Balaban J connectivity index is 0.000000353. The molecule has 18 nitrogen and oxygen atoms in total. The molecule has 4 N–H and O–H groups in total. The lowest BCUT2D eigenvalue weighted by Crippen LogP contribution is -2.59. The van der Waals surface area contributed by atoms with Crippen LogP contribution in [0.1, 0.15) is 71.9 Å². The molecule has 32 heteroatoms. The number of amides is 8. The number of para-hydroxylation sites is 2. The fraction of sp³-hybridized carbons (Fsp3) is 0.371. The minimum Gasteiger partial charge on any atom is -0.346 e. The SMILES string of the molecule is CN(C[C@](CCN1CCC2(CC1)NC(=O)Cc1ccccc12)(c1ccc(Cl)c(Cl)c1)N(C)C(=O)C(=O)Nc1ccccc1)C(=O)C(F)(F)F.CN(C[C@](CCN1CCC2(CC1)NC(=O)Cc1ccccc12)(c1ccc(Cl)c(Cl)c1)N(C)C(=O)C(=O)Nc1ccccc1)C(=O)C(F)(F)F.Cl.Cl.S.S. The molecule has 552 valence electrons. The molecule has 2 fully saturated rings. The molecule has 6 aromatic carbocycles. The zero-order valence-electron chi connectivity index (χ0n) is 55.7. The second-order valence-electron chi connectivity index (χ2n) is 25.1. The summed E-state index contributed by atoms with van der Waals surface area (Å²) in [6.45, 7) is 1.38. The Morgan fingerprint density at radius 2 is 0.784 bits per heavy atom. The number of nitrogens with one attached hydrogen (secondary N) is 4. The van der Waals surface area contributed by atoms with E-state index >= 15 is 0 Å². The summed E-state index contributed by atoms with van der Waals surface area (Å²) in [5.41, 5.74) is 0.913. The molecule has 0 unspecified atom stereocenters. The van der Waals surface area contributed by atoms with Gasteiger partial charge in [0.1, 0.15) is 0 Å². The van der Waals surface area contributed by atoms with Gasteiger partial charge in [0, 0.05) is 91.9 Å². The standard InChI is InChI=1S/2C35H36Cl2F3N5O4.2ClH.2H2S/c2*1-43(32(49)35(38,39)40)22-34(24-12-13-27(36)28(37)21-24,44(2)31(48)30(47)41-25-9-4-3-5-10-25)16-19-45-17-14-33(15-18-45)26-11-7-6-8-23(26)20-29(46)42-33;;;;/h2*3-13,21H,14-20,22H2,1-2H3,(H,41,47)(H,42,46);2*1H;2*1H2/t2*34-;;;;/m11..../s1. The molecule has 6 aromatic rings. The average Bonchev–Trinajstić information content (AvgIpc) is 0.773. The van der Waals surface area contributed by atoms with Gasteiger partial charge in [0.25, 0.3) is 0 Å². The third-order valence-corrected chi connectivity index (χ3v) is 20.5. The van der Waals surface area contributed by atoms with E-state index in [2.05, 4.69) is 31.1 Å². The zero-order valence-corrected chi connectivity index (χ0v) is 62.4. The molecule has 4 aliphatic rings. The van der Waals surface area contributed by atoms with Crippen LogP contribution in [0.3, 0.4) is 0 Å². The Bertz CT molecular complexity index is 3740. The van der Waals surface area contributed by atoms with Crippen molar-refractivity contribution < 1.29 is 64.7 Å². The van der Waals surface area contributed by atoms with Crippen LogP contribution in [0, 0.1) is 0 Å². The smallest absolute Gasteiger partial charge is 0.346 e. The van der Waals surface area contributed by atoms with Gasteiger partial charge in [-0.1, -0.05) is 143 Å². The first-order chi connectivity index (χ1) is 46.3. The molecule has 4 heterocycles. The highest BCUT2D eigenvalue weighted by atomic mass is 35.5. The number of hydrogen-bond donors (Lipinski definition) is 4. The van der Waals surface area contributed by atoms with Gasteiger partial charge in [0.15, 0.2) is 0 Å². The highest BCUT2D eigenvalue weighted by molar-refractivity contribution is 7.59. The summed E-state index contributed by atoms with van der Waals surface area (Å²) in [4.78, 5) is 112. The largest absolute Gasteiger partial charge is 0.471 e. The molecule has 2 atom stereocenters. The fourth-order valence-corrected chi connectivity index (χ4v) is 14.4. The van der Waals surface area contributed by atoms with Gasteiger partial charge >= 0.3 is 47.8 Å². The number of alkyl halides is 6. The van der Waals surface area contributed by atoms with Crippen molar-refractivity contribution in [2.24, 2.45) is 0 Å². The average molecular weight is 1580 g/mol. The topological polar surface area (TPSA) is 204 Å². The van der Waals surface area contributed by atoms with Crippen LogP contribution in [0.2, 0.25) is 20.1 Å². The summed E-state index contributed by atoms with van der Waals surface area (Å²) in [6, 6.07) is 41.0. The van der Waals surface area contributed by atoms with Gasteiger partial charge in [-0.2, -0.15) is 53.3 Å². The first-order valence-corrected chi connectivity index (χ1v) is 32.9. The Labute approximate surface area is 633 Å². The van der Waals surface area contributed by atoms with E-state index in [1.807, 2.05) is 48.5 Å². The molecule has 8 amide bonds. The maximum Gasteiger partial charge on any atom is 0.471 e. The maximum atomic E-state index is 13.8. The molecule has 0 bridgehead atoms. The summed E-state index contributed by atoms with van der Waals surface area (Å²) < 4.78 is 82.2. The summed E-state index contributed by atoms with van der Waals surface area (Å²) in [7, 11) is 4.64. The van der Waals surface area contributed by atoms with Crippen LogP contribution in [0.25, 0.3) is 0 Å². The highest BCUT2D eigenvalue weighted by Gasteiger charge is 2.51. The van der Waals surface area contributed by atoms with Crippen LogP contribution in [-0.2, 0) is 73.4 Å². The lowest BCUT2D eigenvalue weighted by molar-refractivity contribution is -0.186. The van der Waals surface area contributed by atoms with Crippen LogP contribution in [-0.4, -0.2) is 170 Å². The predicted molar refractivity (Wildman–Crippen MR) is 395 cm³/mol. The van der Waals surface area contributed by atoms with E-state index in [0.29, 0.717) is 85.9 Å². The van der Waals surface area contributed by atoms with Crippen molar-refractivity contribution in [2.45, 2.75) is 85.9 Å². The molecular formula is C70H78Cl6F6N10O8S2. The van der Waals surface area contributed by atoms with Crippen LogP contribution in [0.5, 0.6) is 0 Å². The van der Waals surface area contributed by atoms with Gasteiger partial charge in [-0.3, -0.25) is 38.4 Å². The number of carbonyl (C=O) groups is 8. The van der Waals surface area contributed by atoms with Crippen molar-refractivity contribution in [3.05, 3.63) is 199 Å². The summed E-state index contributed by atoms with van der Waals surface area (Å²) in [5.74, 6) is -8.46. The van der Waals surface area contributed by atoms with Gasteiger partial charge < -0.3 is 50.7 Å². The Morgan fingerprint density at radius 1 is 0.471 bits per heavy atom. The second kappa shape index (κ2) is 35.7. The predicted octanol–water partition coefficient (Wildman–Crippen LogP) is 11.8. The Hall–Kier alpha value is -6.98. The number of benzene rings is 6. The maximum absolute atomic E-state index is 13.8. The van der Waals surface area contributed by atoms with Crippen LogP contribution >= 0.6 is 98.2 Å². The number of fused-ring (bicyclic) bond motifs is 4. The molecule has 10 rings (SSSR count). The van der Waals surface area contributed by atoms with Crippen LogP contribution in [0.4, 0.5) is 37.7 Å². The Kier molecular flexibility index (Phi) is 30.0. The molecule has 2 saturated heterocycles. The number of hydrogen-bond acceptors (Lipinski definition) is 10. The van der Waals surface area contributed by atoms with Crippen molar-refractivity contribution in [3.8, 4) is 0 Å². The van der Waals surface area contributed by atoms with Crippen molar-refractivity contribution in [2.75, 3.05) is 91.2 Å². The fourth-order valence-electron chi connectivity index (χ4n) is 13.8. The van der Waals surface area contributed by atoms with E-state index in [1.54, 1.807) is 60.7 Å². The molecule has 0 aromatic heterocycles. The van der Waals surface area contributed by atoms with Crippen LogP contribution < -0.4 is 21.3 Å². The second-order valence-corrected chi connectivity index (χ2v) is 26.7. The van der Waals surface area contributed by atoms with E-state index in [9.17, 15) is 64.7 Å². The van der Waals surface area contributed by atoms with Gasteiger partial charge in [-0.05, 0) is 120 Å². The molecule has 2 spiro atoms. The van der Waals surface area contributed by atoms with Crippen LogP contribution in [0.15, 0.2) is 146 Å². The van der Waals surface area contributed by atoms with Crippen molar-refractivity contribution in [3.63, 3.8) is 0 Å². The van der Waals surface area contributed by atoms with Crippen molar-refractivity contribution in [1.82, 2.24) is 40.0 Å². The van der Waals surface area contributed by atoms with E-state index in [4.69, 9.17) is 46.4 Å². The molecular weight excluding hydrogens is 1500 g/mol. The number of likely N-dealkylation sites (N-methyl/N-ethyl adjacent to an activating group) is 4. The number of anilines is 2.